The molecule has 2 aromatic carbocycles. The second-order valence-corrected chi connectivity index (χ2v) is 12.3. The Kier molecular flexibility index (Phi) is 5.85. The molecule has 2 N–H and O–H groups in total. The molecule has 2 aromatic heterocycles. The average Bonchev–Trinajstić information content (AvgIpc) is 3.68. The molecule has 4 atom stereocenters. The van der Waals surface area contributed by atoms with Crippen LogP contribution < -0.4 is 15.0 Å². The van der Waals surface area contributed by atoms with Gasteiger partial charge in [-0.25, -0.2) is 13.2 Å². The summed E-state index contributed by atoms with van der Waals surface area (Å²) in [6.07, 6.45) is 8.94. The second kappa shape index (κ2) is 10.2. The van der Waals surface area contributed by atoms with Crippen molar-refractivity contribution in [1.29, 1.82) is 0 Å². The number of terminal acetylenes is 1. The van der Waals surface area contributed by atoms with E-state index < -0.39 is 29.9 Å². The first kappa shape index (κ1) is 25.2. The van der Waals surface area contributed by atoms with Gasteiger partial charge in [-0.05, 0) is 55.8 Å². The molecule has 0 radical (unpaired) electrons. The number of phenolic OH excluding ortho intramolecular Hbond substituents is 1. The third-order valence-corrected chi connectivity index (χ3v) is 9.54. The molecule has 8 nitrogen and oxygen atoms in total. The van der Waals surface area contributed by atoms with Crippen molar-refractivity contribution in [2.45, 2.75) is 55.9 Å². The molecule has 4 fully saturated rings. The fourth-order valence-electron chi connectivity index (χ4n) is 7.62. The first-order valence-electron chi connectivity index (χ1n) is 15.9. The van der Waals surface area contributed by atoms with Crippen LogP contribution >= 0.6 is 0 Å². The molecule has 0 unspecified atom stereocenters. The zero-order valence-electron chi connectivity index (χ0n) is 25.8. The Labute approximate surface area is 255 Å². The van der Waals surface area contributed by atoms with Gasteiger partial charge in [-0.2, -0.15) is 9.97 Å². The molecule has 0 spiro atoms. The Balaban J connectivity index is 1.31. The molecule has 0 saturated carbocycles. The molecule has 11 heteroatoms. The van der Waals surface area contributed by atoms with Crippen LogP contribution in [0.5, 0.6) is 11.8 Å². The molecule has 4 saturated heterocycles. The first-order valence-corrected chi connectivity index (χ1v) is 14.9. The normalized spacial score (nSPS) is 27.4. The standard InChI is InChI=1S/C33H31F3N6O2/c1-2-23-26(35)7-4-18-10-22(43)11-24(27(18)23)29-28(36)30-25(13-37-29)31(41-15-20-5-6-21(16-41)38-20)40-32(39-30)44-17-33-8-3-9-42(33)14-19(34)12-33/h1,4,7,10-11,13,19-21,38,43H,3,5-6,8-9,12,14-17H2/t19-,20-,21+,33+/m1/s1/i17D2. The summed E-state index contributed by atoms with van der Waals surface area (Å²) in [5, 5.41) is 15.0. The molecule has 0 amide bonds. The van der Waals surface area contributed by atoms with Gasteiger partial charge in [0.25, 0.3) is 0 Å². The molecule has 0 aliphatic carbocycles. The van der Waals surface area contributed by atoms with Crippen molar-refractivity contribution < 1.29 is 25.8 Å². The first-order chi connectivity index (χ1) is 22.1. The van der Waals surface area contributed by atoms with E-state index in [9.17, 15) is 13.9 Å². The summed E-state index contributed by atoms with van der Waals surface area (Å²) in [5.74, 6) is 0.913. The lowest BCUT2D eigenvalue weighted by Crippen LogP contribution is -2.51. The maximum Gasteiger partial charge on any atom is 0.319 e. The molecule has 226 valence electrons. The number of aromatic nitrogens is 3. The fourth-order valence-corrected chi connectivity index (χ4v) is 7.62. The van der Waals surface area contributed by atoms with Crippen LogP contribution in [-0.2, 0) is 0 Å². The third kappa shape index (κ3) is 4.34. The van der Waals surface area contributed by atoms with Crippen LogP contribution in [0, 0.1) is 24.0 Å². The summed E-state index contributed by atoms with van der Waals surface area (Å²) in [4.78, 5) is 17.3. The van der Waals surface area contributed by atoms with E-state index in [2.05, 4.69) is 26.2 Å². The number of halogens is 3. The zero-order valence-corrected chi connectivity index (χ0v) is 23.8. The molecule has 2 bridgehead atoms. The van der Waals surface area contributed by atoms with Gasteiger partial charge in [0.15, 0.2) is 5.82 Å². The van der Waals surface area contributed by atoms with Crippen molar-refractivity contribution in [3.05, 3.63) is 47.7 Å². The zero-order chi connectivity index (χ0) is 32.0. The number of nitrogens with zero attached hydrogens (tertiary/aromatic N) is 5. The summed E-state index contributed by atoms with van der Waals surface area (Å²) in [6, 6.07) is 5.33. The topological polar surface area (TPSA) is 86.6 Å². The van der Waals surface area contributed by atoms with Crippen molar-refractivity contribution in [2.24, 2.45) is 0 Å². The van der Waals surface area contributed by atoms with Gasteiger partial charge in [0.05, 0.1) is 19.2 Å². The van der Waals surface area contributed by atoms with Crippen molar-refractivity contribution in [1.82, 2.24) is 25.2 Å². The average molecular weight is 603 g/mol. The summed E-state index contributed by atoms with van der Waals surface area (Å²) >= 11 is 0. The van der Waals surface area contributed by atoms with Gasteiger partial charge in [0.1, 0.15) is 41.3 Å². The van der Waals surface area contributed by atoms with Crippen LogP contribution in [0.25, 0.3) is 32.9 Å². The monoisotopic (exact) mass is 602 g/mol. The van der Waals surface area contributed by atoms with Gasteiger partial charge in [-0.15, -0.1) is 6.42 Å². The quantitative estimate of drug-likeness (QED) is 0.318. The molecule has 4 aliphatic rings. The van der Waals surface area contributed by atoms with Gasteiger partial charge in [0.2, 0.25) is 0 Å². The van der Waals surface area contributed by atoms with Crippen LogP contribution in [0.4, 0.5) is 19.0 Å². The van der Waals surface area contributed by atoms with Crippen LogP contribution in [0.3, 0.4) is 0 Å². The molecule has 4 aliphatic heterocycles. The van der Waals surface area contributed by atoms with Crippen molar-refractivity contribution in [3.8, 4) is 35.4 Å². The highest BCUT2D eigenvalue weighted by atomic mass is 19.1. The molecule has 44 heavy (non-hydrogen) atoms. The number of rotatable bonds is 5. The van der Waals surface area contributed by atoms with Gasteiger partial charge >= 0.3 is 6.01 Å². The molecule has 4 aromatic rings. The van der Waals surface area contributed by atoms with Crippen LogP contribution in [0.1, 0.15) is 40.4 Å². The second-order valence-electron chi connectivity index (χ2n) is 12.3. The summed E-state index contributed by atoms with van der Waals surface area (Å²) in [6.45, 7) is -0.537. The van der Waals surface area contributed by atoms with E-state index in [0.717, 1.165) is 12.8 Å². The maximum absolute atomic E-state index is 16.8. The van der Waals surface area contributed by atoms with E-state index >= 15 is 4.39 Å². The maximum atomic E-state index is 16.8. The van der Waals surface area contributed by atoms with Crippen LogP contribution in [-0.4, -0.2) is 81.5 Å². The lowest BCUT2D eigenvalue weighted by atomic mass is 9.95. The number of phenols is 1. The van der Waals surface area contributed by atoms with E-state index in [4.69, 9.17) is 13.9 Å². The van der Waals surface area contributed by atoms with E-state index in [1.807, 2.05) is 4.90 Å². The molecule has 6 heterocycles. The lowest BCUT2D eigenvalue weighted by molar-refractivity contribution is 0.107. The summed E-state index contributed by atoms with van der Waals surface area (Å²) in [7, 11) is 0. The number of nitrogens with one attached hydrogen (secondary N) is 1. The van der Waals surface area contributed by atoms with Gasteiger partial charge in [-0.1, -0.05) is 12.0 Å². The minimum absolute atomic E-state index is 0.0251. The minimum atomic E-state index is -2.38. The number of ether oxygens (including phenoxy) is 1. The molecular weight excluding hydrogens is 569 g/mol. The predicted molar refractivity (Wildman–Crippen MR) is 160 cm³/mol. The summed E-state index contributed by atoms with van der Waals surface area (Å²) in [5.41, 5.74) is -1.64. The number of pyridine rings is 1. The highest BCUT2D eigenvalue weighted by Gasteiger charge is 2.49. The van der Waals surface area contributed by atoms with Crippen molar-refractivity contribution in [2.75, 3.05) is 37.6 Å². The lowest BCUT2D eigenvalue weighted by Gasteiger charge is -2.34. The number of aromatic hydroxyl groups is 1. The third-order valence-electron chi connectivity index (χ3n) is 9.54. The van der Waals surface area contributed by atoms with E-state index in [1.165, 1.54) is 30.5 Å². The predicted octanol–water partition coefficient (Wildman–Crippen LogP) is 4.71. The Morgan fingerprint density at radius 2 is 2.00 bits per heavy atom. The molecular formula is C33H31F3N6O2. The van der Waals surface area contributed by atoms with E-state index in [0.29, 0.717) is 43.7 Å². The number of hydrogen-bond acceptors (Lipinski definition) is 8. The largest absolute Gasteiger partial charge is 0.508 e. The highest BCUT2D eigenvalue weighted by Crippen LogP contribution is 2.42. The van der Waals surface area contributed by atoms with E-state index in [-0.39, 0.29) is 69.9 Å². The highest BCUT2D eigenvalue weighted by molar-refractivity contribution is 6.03. The smallest absolute Gasteiger partial charge is 0.319 e. The Morgan fingerprint density at radius 3 is 2.80 bits per heavy atom. The van der Waals surface area contributed by atoms with Gasteiger partial charge in [0, 0.05) is 55.3 Å². The Bertz CT molecular complexity index is 1950. The Hall–Kier alpha value is -4.14. The van der Waals surface area contributed by atoms with Gasteiger partial charge in [-0.3, -0.25) is 9.88 Å². The van der Waals surface area contributed by atoms with Gasteiger partial charge < -0.3 is 20.1 Å². The van der Waals surface area contributed by atoms with Crippen molar-refractivity contribution in [3.63, 3.8) is 0 Å². The number of anilines is 1. The SMILES string of the molecule is [2H]C([2H])(Oc1nc(N2C[C@H]3CC[C@@H](C2)N3)c2cnc(-c3cc(O)cc4ccc(F)c(C#C)c34)c(F)c2n1)[C@@]12CCCN1C[C@H](F)C2. The number of benzene rings is 2. The molecule has 8 rings (SSSR count). The van der Waals surface area contributed by atoms with E-state index in [1.54, 1.807) is 4.90 Å². The minimum Gasteiger partial charge on any atom is -0.508 e. The number of piperazine rings is 1. The van der Waals surface area contributed by atoms with Crippen molar-refractivity contribution >= 4 is 27.5 Å². The summed E-state index contributed by atoms with van der Waals surface area (Å²) < 4.78 is 70.2. The fraction of sp³-hybridized carbons (Fsp3) is 0.424. The van der Waals surface area contributed by atoms with Crippen LogP contribution in [0.2, 0.25) is 0 Å². The van der Waals surface area contributed by atoms with Crippen LogP contribution in [0.15, 0.2) is 30.5 Å². The number of alkyl halides is 1. The number of fused-ring (bicyclic) bond motifs is 5. The number of hydrogen-bond donors (Lipinski definition) is 2. The Morgan fingerprint density at radius 1 is 1.18 bits per heavy atom.